The van der Waals surface area contributed by atoms with Crippen molar-refractivity contribution in [3.8, 4) is 0 Å². The molecule has 0 spiro atoms. The predicted molar refractivity (Wildman–Crippen MR) is 256 cm³/mol. The topological polar surface area (TPSA) is 0 Å². The molecule has 1 aliphatic heterocycles. The molecule has 5 rings (SSSR count). The highest BCUT2D eigenvalue weighted by molar-refractivity contribution is 7.14. The molecule has 0 saturated carbocycles. The Balaban J connectivity index is 1.82. The van der Waals surface area contributed by atoms with E-state index in [-0.39, 0.29) is 0 Å². The summed E-state index contributed by atoms with van der Waals surface area (Å²) in [5, 5.41) is 3.47. The number of benzene rings is 4. The molecule has 0 unspecified atom stereocenters. The average Bonchev–Trinajstić information content (AvgIpc) is 3.50. The summed E-state index contributed by atoms with van der Waals surface area (Å²) in [5.74, 6) is 0. The Labute approximate surface area is 341 Å². The normalized spacial score (nSPS) is 14.6. The third-order valence-corrected chi connectivity index (χ3v) is 30.9. The molecule has 3 heteroatoms. The van der Waals surface area contributed by atoms with E-state index in [1.807, 2.05) is 0 Å². The maximum atomic E-state index is 2.48. The van der Waals surface area contributed by atoms with Crippen molar-refractivity contribution in [3.63, 3.8) is 0 Å². The second kappa shape index (κ2) is 21.5. The quantitative estimate of drug-likeness (QED) is 0.0621. The van der Waals surface area contributed by atoms with Crippen LogP contribution < -0.4 is 0 Å². The SMILES string of the molecule is CCC[Si](CCC)(CCC)CCC[Si]1(CCC[Si](CCC)(CCC)CCC)C(c2ccccc2)=C(c2ccccc2)C(c2ccccc2)=C1c1ccccc1. The smallest absolute Gasteiger partial charge is 0.0657 e. The van der Waals surface area contributed by atoms with Crippen molar-refractivity contribution in [1.82, 2.24) is 0 Å². The van der Waals surface area contributed by atoms with Crippen LogP contribution in [0, 0.1) is 0 Å². The van der Waals surface area contributed by atoms with Crippen molar-refractivity contribution in [1.29, 1.82) is 0 Å². The van der Waals surface area contributed by atoms with Gasteiger partial charge in [-0.15, -0.1) is 0 Å². The van der Waals surface area contributed by atoms with Gasteiger partial charge in [0.15, 0.2) is 0 Å². The molecule has 1 aliphatic rings. The van der Waals surface area contributed by atoms with Crippen molar-refractivity contribution in [2.75, 3.05) is 0 Å². The molecule has 0 N–H and O–H groups in total. The summed E-state index contributed by atoms with van der Waals surface area (Å²) in [4.78, 5) is 0. The lowest BCUT2D eigenvalue weighted by atomic mass is 9.89. The van der Waals surface area contributed by atoms with E-state index in [1.54, 1.807) is 10.4 Å². The Kier molecular flexibility index (Phi) is 16.9. The Hall–Kier alpha value is -2.99. The minimum absolute atomic E-state index is 1.36. The van der Waals surface area contributed by atoms with E-state index in [2.05, 4.69) is 163 Å². The number of rotatable bonds is 24. The Morgan fingerprint density at radius 2 is 0.582 bits per heavy atom. The molecule has 0 saturated heterocycles. The summed E-state index contributed by atoms with van der Waals surface area (Å²) in [7, 11) is -5.12. The van der Waals surface area contributed by atoms with Crippen LogP contribution in [0.25, 0.3) is 21.5 Å². The first-order chi connectivity index (χ1) is 27.0. The number of hydrogen-bond acceptors (Lipinski definition) is 0. The summed E-state index contributed by atoms with van der Waals surface area (Å²) in [6.07, 6.45) is 10.9. The Morgan fingerprint density at radius 3 is 0.836 bits per heavy atom. The van der Waals surface area contributed by atoms with Crippen LogP contribution in [0.2, 0.25) is 60.4 Å². The van der Waals surface area contributed by atoms with Crippen molar-refractivity contribution in [3.05, 3.63) is 144 Å². The largest absolute Gasteiger partial charge is 0.121 e. The van der Waals surface area contributed by atoms with E-state index in [0.717, 1.165) is 0 Å². The summed E-state index contributed by atoms with van der Waals surface area (Å²) >= 11 is 0. The monoisotopic (exact) mass is 783 g/mol. The maximum Gasteiger partial charge on any atom is 0.121 e. The zero-order valence-electron chi connectivity index (χ0n) is 35.8. The van der Waals surface area contributed by atoms with Crippen LogP contribution in [0.3, 0.4) is 0 Å². The van der Waals surface area contributed by atoms with Gasteiger partial charge in [0.25, 0.3) is 0 Å². The first-order valence-electron chi connectivity index (χ1n) is 22.7. The van der Waals surface area contributed by atoms with Gasteiger partial charge in [-0.25, -0.2) is 0 Å². The lowest BCUT2D eigenvalue weighted by Gasteiger charge is -2.39. The Morgan fingerprint density at radius 1 is 0.327 bits per heavy atom. The molecule has 0 fully saturated rings. The van der Waals surface area contributed by atoms with Gasteiger partial charge in [-0.05, 0) is 55.9 Å². The van der Waals surface area contributed by atoms with Crippen molar-refractivity contribution in [2.24, 2.45) is 0 Å². The van der Waals surface area contributed by atoms with Gasteiger partial charge in [-0.3, -0.25) is 0 Å². The molecule has 0 bridgehead atoms. The molecule has 0 aromatic heterocycles. The number of hydrogen-bond donors (Lipinski definition) is 0. The van der Waals surface area contributed by atoms with Crippen molar-refractivity contribution < 1.29 is 0 Å². The molecule has 294 valence electrons. The minimum atomic E-state index is -2.40. The van der Waals surface area contributed by atoms with Gasteiger partial charge >= 0.3 is 0 Å². The third kappa shape index (κ3) is 10.3. The van der Waals surface area contributed by atoms with Crippen LogP contribution >= 0.6 is 0 Å². The fraction of sp³-hybridized carbons (Fsp3) is 0.462. The van der Waals surface area contributed by atoms with Gasteiger partial charge in [0.1, 0.15) is 8.07 Å². The third-order valence-electron chi connectivity index (χ3n) is 13.3. The molecule has 0 atom stereocenters. The average molecular weight is 783 g/mol. The first kappa shape index (κ1) is 43.1. The lowest BCUT2D eigenvalue weighted by molar-refractivity contribution is 0.865. The first-order valence-corrected chi connectivity index (χ1v) is 30.7. The zero-order valence-corrected chi connectivity index (χ0v) is 38.8. The van der Waals surface area contributed by atoms with Crippen LogP contribution in [-0.2, 0) is 0 Å². The van der Waals surface area contributed by atoms with Gasteiger partial charge in [0.2, 0.25) is 0 Å². The van der Waals surface area contributed by atoms with Crippen LogP contribution in [0.15, 0.2) is 121 Å². The van der Waals surface area contributed by atoms with E-state index < -0.39 is 24.2 Å². The molecule has 1 heterocycles. The lowest BCUT2D eigenvalue weighted by Crippen LogP contribution is -2.40. The molecular weight excluding hydrogens is 709 g/mol. The second-order valence-electron chi connectivity index (χ2n) is 17.3. The van der Waals surface area contributed by atoms with E-state index in [9.17, 15) is 0 Å². The highest BCUT2D eigenvalue weighted by Gasteiger charge is 2.50. The molecule has 55 heavy (non-hydrogen) atoms. The summed E-state index contributed by atoms with van der Waals surface area (Å²) < 4.78 is 0. The second-order valence-corrected chi connectivity index (χ2v) is 31.4. The standard InChI is InChI=1S/C52H74Si3/c1-7-35-53(36-8-2,37-9-3)41-25-43-55(44-26-42-54(38-10-4,39-11-5)40-12-6)51(47-31-21-15-22-32-47)49(45-27-17-13-18-28-45)50(46-29-19-14-20-30-46)52(55)48-33-23-16-24-34-48/h13-24,27-34H,7-12,25-26,35-44H2,1-6H3. The Bertz CT molecular complexity index is 1590. The van der Waals surface area contributed by atoms with Crippen LogP contribution in [0.5, 0.6) is 0 Å². The van der Waals surface area contributed by atoms with Crippen LogP contribution in [-0.4, -0.2) is 24.2 Å². The number of allylic oxidation sites excluding steroid dienone is 2. The summed E-state index contributed by atoms with van der Waals surface area (Å²) in [6.45, 7) is 14.8. The molecule has 0 amide bonds. The van der Waals surface area contributed by atoms with E-state index in [1.165, 1.54) is 145 Å². The van der Waals surface area contributed by atoms with Gasteiger partial charge < -0.3 is 0 Å². The van der Waals surface area contributed by atoms with E-state index in [0.29, 0.717) is 0 Å². The molecule has 0 radical (unpaired) electrons. The molecular formula is C52H74Si3. The van der Waals surface area contributed by atoms with Crippen LogP contribution in [0.1, 0.15) is 115 Å². The molecule has 4 aromatic rings. The van der Waals surface area contributed by atoms with E-state index >= 15 is 0 Å². The maximum absolute atomic E-state index is 2.48. The van der Waals surface area contributed by atoms with Crippen molar-refractivity contribution in [2.45, 2.75) is 153 Å². The molecule has 4 aromatic carbocycles. The highest BCUT2D eigenvalue weighted by atomic mass is 28.3. The van der Waals surface area contributed by atoms with Crippen molar-refractivity contribution >= 4 is 45.8 Å². The zero-order chi connectivity index (χ0) is 39.0. The van der Waals surface area contributed by atoms with Crippen LogP contribution in [0.4, 0.5) is 0 Å². The summed E-state index contributed by atoms with van der Waals surface area (Å²) in [5.41, 5.74) is 8.79. The minimum Gasteiger partial charge on any atom is -0.0657 e. The fourth-order valence-corrected chi connectivity index (χ4v) is 29.4. The summed E-state index contributed by atoms with van der Waals surface area (Å²) in [6, 6.07) is 61.6. The van der Waals surface area contributed by atoms with E-state index in [4.69, 9.17) is 0 Å². The fourth-order valence-electron chi connectivity index (χ4n) is 11.5. The highest BCUT2D eigenvalue weighted by Crippen LogP contribution is 2.59. The molecule has 0 aliphatic carbocycles. The van der Waals surface area contributed by atoms with Gasteiger partial charge in [-0.2, -0.15) is 0 Å². The van der Waals surface area contributed by atoms with Gasteiger partial charge in [0, 0.05) is 0 Å². The predicted octanol–water partition coefficient (Wildman–Crippen LogP) is 16.9. The van der Waals surface area contributed by atoms with Gasteiger partial charge in [0.05, 0.1) is 16.1 Å². The van der Waals surface area contributed by atoms with Gasteiger partial charge in [-0.1, -0.05) is 263 Å². The molecule has 0 nitrogen and oxygen atoms in total.